The molecule has 4 nitrogen and oxygen atoms in total. The Morgan fingerprint density at radius 1 is 0.739 bits per heavy atom. The molecule has 0 aromatic heterocycles. The van der Waals surface area contributed by atoms with Gasteiger partial charge in [-0.25, -0.2) is 0 Å². The minimum absolute atomic E-state index is 0.0933. The van der Waals surface area contributed by atoms with E-state index < -0.39 is 0 Å². The molecule has 0 N–H and O–H groups in total. The van der Waals surface area contributed by atoms with Crippen LogP contribution in [0, 0.1) is 0 Å². The van der Waals surface area contributed by atoms with Crippen LogP contribution in [0.25, 0.3) is 0 Å². The molecule has 0 aromatic rings. The molecular formula is C17H32B2O4. The summed E-state index contributed by atoms with van der Waals surface area (Å²) in [4.78, 5) is 0. The molecule has 1 atom stereocenters. The van der Waals surface area contributed by atoms with Crippen LogP contribution in [0.3, 0.4) is 0 Å². The first-order chi connectivity index (χ1) is 10.3. The molecule has 0 aliphatic carbocycles. The van der Waals surface area contributed by atoms with Crippen LogP contribution in [0.2, 0.25) is 12.1 Å². The first-order valence-electron chi connectivity index (χ1n) is 8.65. The SMILES string of the molecule is C/C=C/C(CB1OC(C)(C)C(C)(C)O1)B1OC(C)(C)C(C)(C)O1. The van der Waals surface area contributed by atoms with Gasteiger partial charge in [-0.2, -0.15) is 0 Å². The van der Waals surface area contributed by atoms with Crippen molar-refractivity contribution in [1.82, 2.24) is 0 Å². The van der Waals surface area contributed by atoms with Gasteiger partial charge in [0.15, 0.2) is 0 Å². The highest BCUT2D eigenvalue weighted by Crippen LogP contribution is 2.44. The smallest absolute Gasteiger partial charge is 0.403 e. The maximum Gasteiger partial charge on any atom is 0.464 e. The molecule has 0 spiro atoms. The van der Waals surface area contributed by atoms with Crippen LogP contribution in [-0.4, -0.2) is 36.6 Å². The Morgan fingerprint density at radius 2 is 1.13 bits per heavy atom. The van der Waals surface area contributed by atoms with Crippen LogP contribution in [0.15, 0.2) is 12.2 Å². The van der Waals surface area contributed by atoms with Gasteiger partial charge in [-0.05, 0) is 68.6 Å². The highest BCUT2D eigenvalue weighted by atomic mass is 16.7. The Morgan fingerprint density at radius 3 is 1.52 bits per heavy atom. The maximum absolute atomic E-state index is 6.21. The summed E-state index contributed by atoms with van der Waals surface area (Å²) in [5.74, 6) is 0.0933. The molecular weight excluding hydrogens is 290 g/mol. The summed E-state index contributed by atoms with van der Waals surface area (Å²) < 4.78 is 24.7. The van der Waals surface area contributed by atoms with E-state index in [0.29, 0.717) is 6.32 Å². The van der Waals surface area contributed by atoms with Gasteiger partial charge in [0, 0.05) is 5.82 Å². The fourth-order valence-corrected chi connectivity index (χ4v) is 2.87. The van der Waals surface area contributed by atoms with Crippen molar-refractivity contribution in [2.75, 3.05) is 0 Å². The van der Waals surface area contributed by atoms with Gasteiger partial charge < -0.3 is 18.6 Å². The van der Waals surface area contributed by atoms with Crippen LogP contribution in [0.1, 0.15) is 62.3 Å². The van der Waals surface area contributed by atoms with Crippen molar-refractivity contribution in [3.8, 4) is 0 Å². The third-order valence-corrected chi connectivity index (χ3v) is 5.83. The summed E-state index contributed by atoms with van der Waals surface area (Å²) >= 11 is 0. The van der Waals surface area contributed by atoms with Crippen molar-refractivity contribution >= 4 is 14.2 Å². The molecule has 2 saturated heterocycles. The van der Waals surface area contributed by atoms with Crippen molar-refractivity contribution in [2.45, 2.75) is 96.9 Å². The van der Waals surface area contributed by atoms with Gasteiger partial charge in [-0.1, -0.05) is 12.2 Å². The zero-order valence-electron chi connectivity index (χ0n) is 16.2. The maximum atomic E-state index is 6.21. The zero-order chi connectivity index (χ0) is 17.7. The number of allylic oxidation sites excluding steroid dienone is 2. The molecule has 0 bridgehead atoms. The van der Waals surface area contributed by atoms with E-state index in [-0.39, 0.29) is 42.5 Å². The lowest BCUT2D eigenvalue weighted by Crippen LogP contribution is -2.41. The predicted octanol–water partition coefficient (Wildman–Crippen LogP) is 4.12. The van der Waals surface area contributed by atoms with Crippen LogP contribution in [0.5, 0.6) is 0 Å². The van der Waals surface area contributed by atoms with E-state index in [2.05, 4.69) is 61.5 Å². The molecule has 0 radical (unpaired) electrons. The van der Waals surface area contributed by atoms with Crippen molar-refractivity contribution in [3.63, 3.8) is 0 Å². The molecule has 2 heterocycles. The van der Waals surface area contributed by atoms with E-state index in [0.717, 1.165) is 0 Å². The highest BCUT2D eigenvalue weighted by molar-refractivity contribution is 6.54. The molecule has 2 aliphatic rings. The lowest BCUT2D eigenvalue weighted by Gasteiger charge is -2.32. The van der Waals surface area contributed by atoms with Gasteiger partial charge in [-0.3, -0.25) is 0 Å². The summed E-state index contributed by atoms with van der Waals surface area (Å²) in [7, 11) is -0.532. The van der Waals surface area contributed by atoms with Gasteiger partial charge in [-0.15, -0.1) is 0 Å². The normalized spacial score (nSPS) is 29.4. The van der Waals surface area contributed by atoms with Crippen LogP contribution < -0.4 is 0 Å². The largest absolute Gasteiger partial charge is 0.464 e. The molecule has 0 amide bonds. The molecule has 2 aliphatic heterocycles. The molecule has 2 rings (SSSR count). The van der Waals surface area contributed by atoms with Crippen LogP contribution in [-0.2, 0) is 18.6 Å². The third-order valence-electron chi connectivity index (χ3n) is 5.83. The Hall–Kier alpha value is -0.290. The Labute approximate surface area is 142 Å². The minimum Gasteiger partial charge on any atom is -0.403 e. The highest BCUT2D eigenvalue weighted by Gasteiger charge is 2.56. The minimum atomic E-state index is -0.326. The zero-order valence-corrected chi connectivity index (χ0v) is 16.2. The summed E-state index contributed by atoms with van der Waals surface area (Å²) in [6.07, 6.45) is 4.89. The lowest BCUT2D eigenvalue weighted by molar-refractivity contribution is 0.00578. The average molecular weight is 322 g/mol. The molecule has 2 fully saturated rings. The van der Waals surface area contributed by atoms with E-state index in [9.17, 15) is 0 Å². The molecule has 23 heavy (non-hydrogen) atoms. The summed E-state index contributed by atoms with van der Waals surface area (Å²) in [6.45, 7) is 18.6. The predicted molar refractivity (Wildman–Crippen MR) is 95.5 cm³/mol. The first kappa shape index (κ1) is 19.0. The second-order valence-electron chi connectivity index (χ2n) is 8.74. The van der Waals surface area contributed by atoms with Crippen molar-refractivity contribution in [2.24, 2.45) is 0 Å². The third kappa shape index (κ3) is 3.55. The van der Waals surface area contributed by atoms with E-state index in [1.165, 1.54) is 0 Å². The molecule has 0 aromatic carbocycles. The van der Waals surface area contributed by atoms with Gasteiger partial charge in [0.2, 0.25) is 0 Å². The van der Waals surface area contributed by atoms with E-state index >= 15 is 0 Å². The molecule has 130 valence electrons. The van der Waals surface area contributed by atoms with Crippen molar-refractivity contribution < 1.29 is 18.6 Å². The number of hydrogen-bond donors (Lipinski definition) is 0. The van der Waals surface area contributed by atoms with E-state index in [1.54, 1.807) is 0 Å². The van der Waals surface area contributed by atoms with Crippen molar-refractivity contribution in [3.05, 3.63) is 12.2 Å². The molecule has 6 heteroatoms. The fourth-order valence-electron chi connectivity index (χ4n) is 2.87. The summed E-state index contributed by atoms with van der Waals surface area (Å²) in [6, 6.07) is 0. The second kappa shape index (κ2) is 5.90. The fraction of sp³-hybridized carbons (Fsp3) is 0.882. The Kier molecular flexibility index (Phi) is 4.89. The summed E-state index contributed by atoms with van der Waals surface area (Å²) in [5.41, 5.74) is -1.27. The summed E-state index contributed by atoms with van der Waals surface area (Å²) in [5, 5.41) is 0. The first-order valence-corrected chi connectivity index (χ1v) is 8.65. The lowest BCUT2D eigenvalue weighted by atomic mass is 9.61. The van der Waals surface area contributed by atoms with Crippen LogP contribution >= 0.6 is 0 Å². The quantitative estimate of drug-likeness (QED) is 0.576. The standard InChI is InChI=1S/C17H32B2O4/c1-10-11-13(19-22-16(6,7)17(8,9)23-19)12-18-20-14(2,3)15(4,5)21-18/h10-11,13H,12H2,1-9H3/b11-10+. The second-order valence-corrected chi connectivity index (χ2v) is 8.74. The van der Waals surface area contributed by atoms with Gasteiger partial charge >= 0.3 is 14.2 Å². The van der Waals surface area contributed by atoms with Gasteiger partial charge in [0.1, 0.15) is 0 Å². The number of rotatable bonds is 4. The Bertz CT molecular complexity index is 439. The molecule has 1 unspecified atom stereocenters. The monoisotopic (exact) mass is 322 g/mol. The number of hydrogen-bond acceptors (Lipinski definition) is 4. The Balaban J connectivity index is 2.10. The van der Waals surface area contributed by atoms with E-state index in [4.69, 9.17) is 18.6 Å². The molecule has 0 saturated carbocycles. The van der Waals surface area contributed by atoms with Crippen LogP contribution in [0.4, 0.5) is 0 Å². The van der Waals surface area contributed by atoms with Gasteiger partial charge in [0.25, 0.3) is 0 Å². The van der Waals surface area contributed by atoms with E-state index in [1.807, 2.05) is 13.0 Å². The van der Waals surface area contributed by atoms with Crippen molar-refractivity contribution in [1.29, 1.82) is 0 Å². The average Bonchev–Trinajstić information content (AvgIpc) is 2.68. The van der Waals surface area contributed by atoms with Gasteiger partial charge in [0.05, 0.1) is 22.4 Å². The topological polar surface area (TPSA) is 36.9 Å².